The van der Waals surface area contributed by atoms with E-state index in [0.29, 0.717) is 0 Å². The van der Waals surface area contributed by atoms with Gasteiger partial charge in [-0.05, 0) is 77.8 Å². The van der Waals surface area contributed by atoms with Gasteiger partial charge in [-0.15, -0.1) is 0 Å². The molecule has 0 bridgehead atoms. The highest BCUT2D eigenvalue weighted by Crippen LogP contribution is 2.63. The Labute approximate surface area is 210 Å². The van der Waals surface area contributed by atoms with Gasteiger partial charge in [0.15, 0.2) is 0 Å². The van der Waals surface area contributed by atoms with E-state index in [0.717, 1.165) is 0 Å². The van der Waals surface area contributed by atoms with Gasteiger partial charge < -0.3 is 0 Å². The van der Waals surface area contributed by atoms with Crippen molar-refractivity contribution in [2.45, 2.75) is 82.1 Å². The highest BCUT2D eigenvalue weighted by Gasteiger charge is 2.52. The minimum absolute atomic E-state index is 0. The van der Waals surface area contributed by atoms with Crippen molar-refractivity contribution >= 4 is 5.57 Å². The molecule has 0 unspecified atom stereocenters. The SMILES string of the molecule is C.CC.CC.CC.CC(C)=C(C)C1=C(C)c2ccccc2C12c1ccccc1-c1ccccc12. The minimum atomic E-state index is -0.199. The molecule has 0 heterocycles. The van der Waals surface area contributed by atoms with Gasteiger partial charge in [-0.2, -0.15) is 0 Å². The normalized spacial score (nSPS) is 12.9. The Morgan fingerprint density at radius 2 is 0.853 bits per heavy atom. The fourth-order valence-corrected chi connectivity index (χ4v) is 5.29. The predicted octanol–water partition coefficient (Wildman–Crippen LogP) is 10.9. The van der Waals surface area contributed by atoms with Crippen LogP contribution in [0.25, 0.3) is 16.7 Å². The van der Waals surface area contributed by atoms with Crippen molar-refractivity contribution in [3.05, 3.63) is 112 Å². The average Bonchev–Trinajstić information content (AvgIpc) is 3.33. The van der Waals surface area contributed by atoms with E-state index in [9.17, 15) is 0 Å². The van der Waals surface area contributed by atoms with Crippen LogP contribution in [0.4, 0.5) is 0 Å². The largest absolute Gasteiger partial charge is 0.0776 e. The summed E-state index contributed by atoms with van der Waals surface area (Å²) in [6.45, 7) is 21.1. The van der Waals surface area contributed by atoms with Gasteiger partial charge >= 0.3 is 0 Å². The van der Waals surface area contributed by atoms with Crippen molar-refractivity contribution in [1.82, 2.24) is 0 Å². The number of rotatable bonds is 1. The molecule has 0 heteroatoms. The maximum atomic E-state index is 2.34. The summed E-state index contributed by atoms with van der Waals surface area (Å²) in [5, 5.41) is 0. The van der Waals surface area contributed by atoms with Crippen LogP contribution in [-0.4, -0.2) is 0 Å². The van der Waals surface area contributed by atoms with E-state index in [1.165, 1.54) is 55.7 Å². The lowest BCUT2D eigenvalue weighted by molar-refractivity contribution is 0.770. The van der Waals surface area contributed by atoms with Gasteiger partial charge in [-0.25, -0.2) is 0 Å². The predicted molar refractivity (Wildman–Crippen MR) is 156 cm³/mol. The lowest BCUT2D eigenvalue weighted by Crippen LogP contribution is -2.28. The van der Waals surface area contributed by atoms with Crippen LogP contribution in [0.1, 0.15) is 98.9 Å². The Hall–Kier alpha value is -2.86. The number of benzene rings is 3. The van der Waals surface area contributed by atoms with Gasteiger partial charge in [0.05, 0.1) is 5.41 Å². The lowest BCUT2D eigenvalue weighted by Gasteiger charge is -2.33. The highest BCUT2D eigenvalue weighted by molar-refractivity contribution is 5.95. The zero-order valence-corrected chi connectivity index (χ0v) is 22.4. The van der Waals surface area contributed by atoms with Crippen molar-refractivity contribution in [3.8, 4) is 11.1 Å². The summed E-state index contributed by atoms with van der Waals surface area (Å²) in [6.07, 6.45) is 0. The van der Waals surface area contributed by atoms with Crippen molar-refractivity contribution in [2.24, 2.45) is 0 Å². The van der Waals surface area contributed by atoms with Crippen LogP contribution < -0.4 is 0 Å². The molecule has 5 rings (SSSR count). The molecule has 3 aromatic rings. The monoisotopic (exact) mass is 454 g/mol. The van der Waals surface area contributed by atoms with E-state index >= 15 is 0 Å². The maximum absolute atomic E-state index is 2.34. The fourth-order valence-electron chi connectivity index (χ4n) is 5.29. The second kappa shape index (κ2) is 12.6. The van der Waals surface area contributed by atoms with Crippen molar-refractivity contribution in [2.75, 3.05) is 0 Å². The quantitative estimate of drug-likeness (QED) is 0.343. The Morgan fingerprint density at radius 1 is 0.529 bits per heavy atom. The Balaban J connectivity index is 0.000000769. The summed E-state index contributed by atoms with van der Waals surface area (Å²) < 4.78 is 0. The topological polar surface area (TPSA) is 0 Å². The molecule has 0 saturated carbocycles. The van der Waals surface area contributed by atoms with Crippen LogP contribution in [-0.2, 0) is 5.41 Å². The number of hydrogen-bond donors (Lipinski definition) is 0. The molecular formula is C34H46. The first-order chi connectivity index (χ1) is 16.1. The van der Waals surface area contributed by atoms with Crippen LogP contribution in [0.5, 0.6) is 0 Å². The number of allylic oxidation sites excluding steroid dienone is 4. The molecule has 3 aromatic carbocycles. The number of fused-ring (bicyclic) bond motifs is 7. The Kier molecular flexibility index (Phi) is 10.8. The molecule has 0 atom stereocenters. The van der Waals surface area contributed by atoms with E-state index in [4.69, 9.17) is 0 Å². The van der Waals surface area contributed by atoms with Crippen LogP contribution in [0.3, 0.4) is 0 Å². The summed E-state index contributed by atoms with van der Waals surface area (Å²) in [4.78, 5) is 0. The van der Waals surface area contributed by atoms with E-state index in [1.54, 1.807) is 0 Å². The smallest absolute Gasteiger partial charge is 0.0724 e. The Bertz CT molecular complexity index is 1100. The molecule has 1 spiro atoms. The maximum Gasteiger partial charge on any atom is 0.0724 e. The summed E-state index contributed by atoms with van der Waals surface area (Å²) in [6, 6.07) is 27.0. The van der Waals surface area contributed by atoms with Gasteiger partial charge in [0, 0.05) is 0 Å². The third-order valence-electron chi connectivity index (χ3n) is 6.56. The molecule has 2 aliphatic rings. The molecular weight excluding hydrogens is 408 g/mol. The van der Waals surface area contributed by atoms with Crippen LogP contribution >= 0.6 is 0 Å². The molecule has 2 aliphatic carbocycles. The fraction of sp³-hybridized carbons (Fsp3) is 0.353. The van der Waals surface area contributed by atoms with Crippen molar-refractivity contribution < 1.29 is 0 Å². The number of hydrogen-bond acceptors (Lipinski definition) is 0. The Morgan fingerprint density at radius 3 is 1.24 bits per heavy atom. The summed E-state index contributed by atoms with van der Waals surface area (Å²) in [5.41, 5.74) is 13.9. The van der Waals surface area contributed by atoms with E-state index < -0.39 is 0 Å². The van der Waals surface area contributed by atoms with E-state index in [2.05, 4.69) is 100 Å². The van der Waals surface area contributed by atoms with Gasteiger partial charge in [-0.3, -0.25) is 0 Å². The van der Waals surface area contributed by atoms with Crippen molar-refractivity contribution in [3.63, 3.8) is 0 Å². The van der Waals surface area contributed by atoms with Crippen LogP contribution in [0.2, 0.25) is 0 Å². The second-order valence-electron chi connectivity index (χ2n) is 8.01. The molecule has 0 radical (unpaired) electrons. The van der Waals surface area contributed by atoms with Crippen molar-refractivity contribution in [1.29, 1.82) is 0 Å². The van der Waals surface area contributed by atoms with Gasteiger partial charge in [0.25, 0.3) is 0 Å². The third kappa shape index (κ3) is 4.20. The molecule has 0 nitrogen and oxygen atoms in total. The molecule has 0 aromatic heterocycles. The molecule has 0 fully saturated rings. The first-order valence-electron chi connectivity index (χ1n) is 12.7. The first-order valence-corrected chi connectivity index (χ1v) is 12.7. The summed E-state index contributed by atoms with van der Waals surface area (Å²) in [5.74, 6) is 0. The third-order valence-corrected chi connectivity index (χ3v) is 6.56. The zero-order chi connectivity index (χ0) is 24.8. The zero-order valence-electron chi connectivity index (χ0n) is 22.4. The van der Waals surface area contributed by atoms with Crippen LogP contribution in [0.15, 0.2) is 89.5 Å². The first kappa shape index (κ1) is 29.2. The highest BCUT2D eigenvalue weighted by atomic mass is 14.5. The second-order valence-corrected chi connectivity index (χ2v) is 8.01. The van der Waals surface area contributed by atoms with Gasteiger partial charge in [-0.1, -0.05) is 127 Å². The molecule has 182 valence electrons. The minimum Gasteiger partial charge on any atom is -0.0776 e. The average molecular weight is 455 g/mol. The van der Waals surface area contributed by atoms with Gasteiger partial charge in [0.1, 0.15) is 0 Å². The summed E-state index contributed by atoms with van der Waals surface area (Å²) in [7, 11) is 0. The molecule has 34 heavy (non-hydrogen) atoms. The molecule has 0 saturated heterocycles. The molecule has 0 aliphatic heterocycles. The van der Waals surface area contributed by atoms with E-state index in [-0.39, 0.29) is 12.8 Å². The van der Waals surface area contributed by atoms with Gasteiger partial charge in [0.2, 0.25) is 0 Å². The van der Waals surface area contributed by atoms with Crippen LogP contribution in [0, 0.1) is 0 Å². The van der Waals surface area contributed by atoms with E-state index in [1.807, 2.05) is 41.5 Å². The molecule has 0 amide bonds. The molecule has 0 N–H and O–H groups in total. The lowest BCUT2D eigenvalue weighted by atomic mass is 9.67. The summed E-state index contributed by atoms with van der Waals surface area (Å²) >= 11 is 0. The standard InChI is InChI=1S/C27H24.3C2H6.CH4/c1-17(2)18(3)26-19(4)20-11-5-8-14-23(20)27(26)24-15-9-6-12-21(24)22-13-7-10-16-25(22)27;3*1-2;/h5-16H,1-4H3;3*1-2H3;1H4.